The molecule has 4 aromatic rings. The molecule has 0 bridgehead atoms. The molecule has 228 valence electrons. The molecule has 2 heterocycles. The van der Waals surface area contributed by atoms with Crippen LogP contribution in [0.4, 0.5) is 36.8 Å². The maximum absolute atomic E-state index is 14.0. The lowest BCUT2D eigenvalue weighted by Crippen LogP contribution is -2.22. The monoisotopic (exact) mass is 612 g/mol. The van der Waals surface area contributed by atoms with Gasteiger partial charge in [-0.05, 0) is 61.4 Å². The lowest BCUT2D eigenvalue weighted by atomic mass is 10.1. The normalized spacial score (nSPS) is 11.0. The van der Waals surface area contributed by atoms with Crippen molar-refractivity contribution in [2.75, 3.05) is 5.32 Å². The maximum Gasteiger partial charge on any atom is 0.490 e. The van der Waals surface area contributed by atoms with E-state index in [0.717, 1.165) is 24.3 Å². The molecule has 4 N–H and O–H groups in total. The second kappa shape index (κ2) is 13.1. The molecule has 0 aliphatic carbocycles. The first-order valence-corrected chi connectivity index (χ1v) is 12.0. The lowest BCUT2D eigenvalue weighted by molar-refractivity contribution is -0.192. The van der Waals surface area contributed by atoms with Gasteiger partial charge in [0, 0.05) is 18.4 Å². The van der Waals surface area contributed by atoms with Crippen LogP contribution in [0.1, 0.15) is 32.9 Å². The average molecular weight is 612 g/mol. The van der Waals surface area contributed by atoms with Gasteiger partial charge in [-0.15, -0.1) is 0 Å². The third-order valence-electron chi connectivity index (χ3n) is 5.63. The van der Waals surface area contributed by atoms with Gasteiger partial charge in [-0.1, -0.05) is 6.07 Å². The third kappa shape index (κ3) is 8.15. The molecule has 2 aromatic heterocycles. The summed E-state index contributed by atoms with van der Waals surface area (Å²) in [5.74, 6) is -5.21. The summed E-state index contributed by atoms with van der Waals surface area (Å²) in [5.41, 5.74) is 1.63. The molecular formula is C27H22F6N4O6. The Balaban J connectivity index is 0.000000646. The Hall–Kier alpha value is -5.28. The topological polar surface area (TPSA) is 142 Å². The number of carbonyl (C=O) groups excluding carboxylic acids is 1. The van der Waals surface area contributed by atoms with Crippen LogP contribution in [0, 0.1) is 31.3 Å². The number of anilines is 1. The van der Waals surface area contributed by atoms with Crippen molar-refractivity contribution in [1.29, 1.82) is 0 Å². The number of benzene rings is 2. The minimum absolute atomic E-state index is 0.150. The predicted octanol–water partition coefficient (Wildman–Crippen LogP) is 5.60. The van der Waals surface area contributed by atoms with Crippen molar-refractivity contribution in [3.63, 3.8) is 0 Å². The molecule has 0 saturated heterocycles. The minimum atomic E-state index is -5.08. The van der Waals surface area contributed by atoms with E-state index in [2.05, 4.69) is 15.6 Å². The molecular weight excluding hydrogens is 590 g/mol. The largest absolute Gasteiger partial charge is 0.490 e. The number of halogens is 6. The predicted molar refractivity (Wildman–Crippen MR) is 138 cm³/mol. The SMILES string of the molecule is Cc1cc(OCc2c(F)cccc2F)c2nc(C)c(C(=O)Nc3ccc(F)cc3CNC(=O)O)n2c1.O=C(O)C(F)(F)F. The molecule has 2 amide bonds. The number of pyridine rings is 1. The van der Waals surface area contributed by atoms with E-state index in [4.69, 9.17) is 19.7 Å². The fourth-order valence-electron chi connectivity index (χ4n) is 3.74. The highest BCUT2D eigenvalue weighted by Crippen LogP contribution is 2.27. The average Bonchev–Trinajstić information content (AvgIpc) is 3.23. The van der Waals surface area contributed by atoms with Crippen molar-refractivity contribution in [3.05, 3.63) is 94.2 Å². The quantitative estimate of drug-likeness (QED) is 0.199. The van der Waals surface area contributed by atoms with Crippen molar-refractivity contribution in [2.45, 2.75) is 33.2 Å². The van der Waals surface area contributed by atoms with E-state index in [9.17, 15) is 35.9 Å². The number of hydrogen-bond acceptors (Lipinski definition) is 5. The van der Waals surface area contributed by atoms with Gasteiger partial charge in [0.25, 0.3) is 5.91 Å². The maximum atomic E-state index is 14.0. The van der Waals surface area contributed by atoms with Crippen molar-refractivity contribution >= 4 is 29.3 Å². The summed E-state index contributed by atoms with van der Waals surface area (Å²) in [6.07, 6.45) is -4.73. The van der Waals surface area contributed by atoms with E-state index in [1.165, 1.54) is 16.5 Å². The number of nitrogens with zero attached hydrogens (tertiary/aromatic N) is 2. The third-order valence-corrected chi connectivity index (χ3v) is 5.63. The van der Waals surface area contributed by atoms with Crippen molar-refractivity contribution < 1.29 is 55.7 Å². The summed E-state index contributed by atoms with van der Waals surface area (Å²) in [4.78, 5) is 37.4. The molecule has 0 spiro atoms. The van der Waals surface area contributed by atoms with E-state index in [1.807, 2.05) is 0 Å². The smallest absolute Gasteiger partial charge is 0.485 e. The number of carboxylic acid groups (broad SMARTS) is 2. The summed E-state index contributed by atoms with van der Waals surface area (Å²) >= 11 is 0. The highest BCUT2D eigenvalue weighted by molar-refractivity contribution is 6.05. The number of rotatable bonds is 7. The molecule has 0 atom stereocenters. The van der Waals surface area contributed by atoms with Gasteiger partial charge >= 0.3 is 18.2 Å². The fraction of sp³-hybridized carbons (Fsp3) is 0.185. The first-order chi connectivity index (χ1) is 20.1. The van der Waals surface area contributed by atoms with Crippen LogP contribution >= 0.6 is 0 Å². The number of carboxylic acids is 1. The molecule has 10 nitrogen and oxygen atoms in total. The number of fused-ring (bicyclic) bond motifs is 1. The summed E-state index contributed by atoms with van der Waals surface area (Å²) in [6.45, 7) is 2.75. The van der Waals surface area contributed by atoms with Crippen LogP contribution in [0.3, 0.4) is 0 Å². The van der Waals surface area contributed by atoms with E-state index in [0.29, 0.717) is 11.3 Å². The Morgan fingerprint density at radius 2 is 1.63 bits per heavy atom. The molecule has 0 fully saturated rings. The second-order valence-corrected chi connectivity index (χ2v) is 8.83. The van der Waals surface area contributed by atoms with Gasteiger partial charge in [0.05, 0.1) is 11.3 Å². The fourth-order valence-corrected chi connectivity index (χ4v) is 3.74. The number of aryl methyl sites for hydroxylation is 2. The van der Waals surface area contributed by atoms with Crippen molar-refractivity contribution in [1.82, 2.24) is 14.7 Å². The second-order valence-electron chi connectivity index (χ2n) is 8.83. The van der Waals surface area contributed by atoms with Crippen LogP contribution in [0.25, 0.3) is 5.65 Å². The van der Waals surface area contributed by atoms with Crippen LogP contribution < -0.4 is 15.4 Å². The Morgan fingerprint density at radius 3 is 2.21 bits per heavy atom. The number of aliphatic carboxylic acids is 1. The molecule has 0 unspecified atom stereocenters. The summed E-state index contributed by atoms with van der Waals surface area (Å²) < 4.78 is 80.7. The Labute approximate surface area is 238 Å². The number of aromatic nitrogens is 2. The number of hydrogen-bond donors (Lipinski definition) is 4. The van der Waals surface area contributed by atoms with Crippen LogP contribution in [-0.4, -0.2) is 43.7 Å². The summed E-state index contributed by atoms with van der Waals surface area (Å²) in [5, 5.41) is 20.8. The van der Waals surface area contributed by atoms with Gasteiger partial charge in [-0.3, -0.25) is 9.20 Å². The van der Waals surface area contributed by atoms with E-state index in [1.54, 1.807) is 26.1 Å². The van der Waals surface area contributed by atoms with Crippen LogP contribution in [-0.2, 0) is 17.9 Å². The first kappa shape index (κ1) is 32.2. The molecule has 4 rings (SSSR count). The Kier molecular flexibility index (Phi) is 9.85. The molecule has 0 aliphatic heterocycles. The van der Waals surface area contributed by atoms with Gasteiger partial charge in [-0.2, -0.15) is 13.2 Å². The number of alkyl halides is 3. The molecule has 43 heavy (non-hydrogen) atoms. The number of imidazole rings is 1. The number of carbonyl (C=O) groups is 3. The minimum Gasteiger partial charge on any atom is -0.485 e. The Morgan fingerprint density at radius 1 is 1.00 bits per heavy atom. The zero-order valence-corrected chi connectivity index (χ0v) is 22.2. The van der Waals surface area contributed by atoms with Gasteiger partial charge in [0.15, 0.2) is 11.4 Å². The van der Waals surface area contributed by atoms with Crippen molar-refractivity contribution in [3.8, 4) is 5.75 Å². The van der Waals surface area contributed by atoms with Gasteiger partial charge in [0.1, 0.15) is 29.8 Å². The van der Waals surface area contributed by atoms with E-state index in [-0.39, 0.29) is 47.1 Å². The number of ether oxygens (including phenoxy) is 1. The number of amides is 2. The number of nitrogens with one attached hydrogen (secondary N) is 2. The molecule has 0 saturated carbocycles. The molecule has 16 heteroatoms. The lowest BCUT2D eigenvalue weighted by Gasteiger charge is -2.13. The van der Waals surface area contributed by atoms with Gasteiger partial charge in [-0.25, -0.2) is 27.7 Å². The zero-order valence-electron chi connectivity index (χ0n) is 22.2. The highest BCUT2D eigenvalue weighted by atomic mass is 19.4. The highest BCUT2D eigenvalue weighted by Gasteiger charge is 2.38. The van der Waals surface area contributed by atoms with Crippen LogP contribution in [0.15, 0.2) is 48.7 Å². The van der Waals surface area contributed by atoms with Crippen molar-refractivity contribution in [2.24, 2.45) is 0 Å². The standard InChI is InChI=1S/C25H21F3N4O4.C2HF3O2/c1-13-8-21(36-12-17-18(27)4-3-5-19(17)28)23-30-14(2)22(32(23)11-13)24(33)31-20-7-6-16(26)9-15(20)10-29-25(34)35;3-2(4,5)1(6)7/h3-9,11,29H,10,12H2,1-2H3,(H,31,33)(H,34,35);(H,6,7). The van der Waals surface area contributed by atoms with Crippen LogP contribution in [0.5, 0.6) is 5.75 Å². The van der Waals surface area contributed by atoms with Gasteiger partial charge in [0.2, 0.25) is 0 Å². The molecule has 2 aromatic carbocycles. The summed E-state index contributed by atoms with van der Waals surface area (Å²) in [6, 6.07) is 8.73. The zero-order chi connectivity index (χ0) is 32.1. The first-order valence-electron chi connectivity index (χ1n) is 12.0. The molecule has 0 radical (unpaired) electrons. The van der Waals surface area contributed by atoms with Crippen LogP contribution in [0.2, 0.25) is 0 Å². The Bertz CT molecular complexity index is 1670. The molecule has 0 aliphatic rings. The summed E-state index contributed by atoms with van der Waals surface area (Å²) in [7, 11) is 0. The van der Waals surface area contributed by atoms with E-state index < -0.39 is 41.6 Å². The van der Waals surface area contributed by atoms with Gasteiger partial charge < -0.3 is 25.6 Å². The van der Waals surface area contributed by atoms with E-state index >= 15 is 0 Å².